The molecule has 152 valence electrons. The van der Waals surface area contributed by atoms with Gasteiger partial charge in [0, 0.05) is 30.5 Å². The van der Waals surface area contributed by atoms with Gasteiger partial charge in [-0.25, -0.2) is 4.98 Å². The highest BCUT2D eigenvalue weighted by molar-refractivity contribution is 6.06. The Labute approximate surface area is 168 Å². The van der Waals surface area contributed by atoms with Crippen molar-refractivity contribution >= 4 is 23.5 Å². The number of ether oxygens (including phenoxy) is 1. The van der Waals surface area contributed by atoms with Gasteiger partial charge in [-0.15, -0.1) is 0 Å². The minimum absolute atomic E-state index is 0.141. The zero-order chi connectivity index (χ0) is 20.8. The molecule has 0 unspecified atom stereocenters. The van der Waals surface area contributed by atoms with Gasteiger partial charge in [0.2, 0.25) is 5.88 Å². The summed E-state index contributed by atoms with van der Waals surface area (Å²) in [7, 11) is 0. The molecule has 0 saturated carbocycles. The zero-order valence-electron chi connectivity index (χ0n) is 16.1. The molecule has 1 fully saturated rings. The molecule has 2 heterocycles. The van der Waals surface area contributed by atoms with Crippen LogP contribution in [0.2, 0.25) is 0 Å². The normalized spacial score (nSPS) is 14.3. The number of nitrogens with one attached hydrogen (secondary N) is 1. The summed E-state index contributed by atoms with van der Waals surface area (Å²) in [5.41, 5.74) is 1.37. The van der Waals surface area contributed by atoms with Crippen LogP contribution in [0.5, 0.6) is 5.88 Å². The van der Waals surface area contributed by atoms with Gasteiger partial charge in [-0.1, -0.05) is 0 Å². The minimum Gasteiger partial charge on any atom is -0.481 e. The number of rotatable bonds is 6. The van der Waals surface area contributed by atoms with E-state index in [4.69, 9.17) is 9.84 Å². The smallest absolute Gasteiger partial charge is 0.306 e. The van der Waals surface area contributed by atoms with Gasteiger partial charge in [-0.3, -0.25) is 14.4 Å². The quantitative estimate of drug-likeness (QED) is 0.776. The molecule has 8 nitrogen and oxygen atoms in total. The lowest BCUT2D eigenvalue weighted by Gasteiger charge is -2.30. The van der Waals surface area contributed by atoms with Crippen LogP contribution in [0.25, 0.3) is 0 Å². The number of pyridine rings is 1. The Balaban J connectivity index is 1.62. The largest absolute Gasteiger partial charge is 0.481 e. The first kappa shape index (κ1) is 20.3. The number of piperidine rings is 1. The molecule has 1 saturated heterocycles. The van der Waals surface area contributed by atoms with Crippen LogP contribution in [-0.2, 0) is 4.79 Å². The monoisotopic (exact) mass is 397 g/mol. The number of carbonyl (C=O) groups is 3. The summed E-state index contributed by atoms with van der Waals surface area (Å²) in [6.45, 7) is 3.07. The molecule has 0 aliphatic carbocycles. The third-order valence-corrected chi connectivity index (χ3v) is 4.82. The molecular formula is C21H23N3O5. The Morgan fingerprint density at radius 2 is 1.86 bits per heavy atom. The van der Waals surface area contributed by atoms with Crippen LogP contribution in [0.15, 0.2) is 42.6 Å². The van der Waals surface area contributed by atoms with Gasteiger partial charge in [-0.05, 0) is 56.2 Å². The first-order valence-corrected chi connectivity index (χ1v) is 9.51. The summed E-state index contributed by atoms with van der Waals surface area (Å²) in [6, 6.07) is 9.90. The summed E-state index contributed by atoms with van der Waals surface area (Å²) in [4.78, 5) is 41.9. The zero-order valence-corrected chi connectivity index (χ0v) is 16.1. The van der Waals surface area contributed by atoms with Crippen molar-refractivity contribution < 1.29 is 24.2 Å². The molecule has 0 radical (unpaired) electrons. The molecule has 8 heteroatoms. The van der Waals surface area contributed by atoms with Crippen LogP contribution in [0, 0.1) is 5.92 Å². The first-order chi connectivity index (χ1) is 14.0. The van der Waals surface area contributed by atoms with Crippen LogP contribution < -0.4 is 10.1 Å². The topological polar surface area (TPSA) is 109 Å². The predicted octanol–water partition coefficient (Wildman–Crippen LogP) is 2.67. The summed E-state index contributed by atoms with van der Waals surface area (Å²) in [5.74, 6) is -1.41. The lowest BCUT2D eigenvalue weighted by atomic mass is 9.96. The van der Waals surface area contributed by atoms with Gasteiger partial charge in [0.05, 0.1) is 12.5 Å². The molecule has 1 aromatic carbocycles. The van der Waals surface area contributed by atoms with E-state index < -0.39 is 5.97 Å². The number of aromatic nitrogens is 1. The van der Waals surface area contributed by atoms with E-state index in [0.717, 1.165) is 0 Å². The number of carboxylic acid groups (broad SMARTS) is 1. The second kappa shape index (κ2) is 9.18. The molecule has 2 aromatic rings. The van der Waals surface area contributed by atoms with Crippen molar-refractivity contribution in [2.45, 2.75) is 19.8 Å². The van der Waals surface area contributed by atoms with Gasteiger partial charge in [0.15, 0.2) is 0 Å². The van der Waals surface area contributed by atoms with E-state index in [2.05, 4.69) is 10.3 Å². The summed E-state index contributed by atoms with van der Waals surface area (Å²) in [6.07, 6.45) is 2.48. The van der Waals surface area contributed by atoms with E-state index in [9.17, 15) is 14.4 Å². The molecule has 0 spiro atoms. The number of amides is 2. The highest BCUT2D eigenvalue weighted by Gasteiger charge is 2.27. The standard InChI is InChI=1S/C21H23N3O5/c1-2-29-19-17(4-3-11-22-19)18(25)23-16-7-5-14(6-8-16)20(26)24-12-9-15(10-13-24)21(27)28/h3-8,11,15H,2,9-10,12-13H2,1H3,(H,23,25)(H,27,28). The van der Waals surface area contributed by atoms with E-state index in [1.807, 2.05) is 6.92 Å². The number of carboxylic acids is 1. The minimum atomic E-state index is -0.807. The molecule has 0 bridgehead atoms. The van der Waals surface area contributed by atoms with Gasteiger partial charge in [0.1, 0.15) is 5.56 Å². The van der Waals surface area contributed by atoms with Crippen molar-refractivity contribution in [1.82, 2.24) is 9.88 Å². The molecule has 1 aromatic heterocycles. The van der Waals surface area contributed by atoms with E-state index in [1.165, 1.54) is 0 Å². The van der Waals surface area contributed by atoms with Crippen molar-refractivity contribution in [1.29, 1.82) is 0 Å². The number of nitrogens with zero attached hydrogens (tertiary/aromatic N) is 2. The molecule has 29 heavy (non-hydrogen) atoms. The molecule has 3 rings (SSSR count). The maximum Gasteiger partial charge on any atom is 0.306 e. The predicted molar refractivity (Wildman–Crippen MR) is 106 cm³/mol. The van der Waals surface area contributed by atoms with Gasteiger partial charge in [-0.2, -0.15) is 0 Å². The maximum absolute atomic E-state index is 12.6. The van der Waals surface area contributed by atoms with Gasteiger partial charge in [0.25, 0.3) is 11.8 Å². The fourth-order valence-electron chi connectivity index (χ4n) is 3.22. The molecule has 1 aliphatic rings. The Morgan fingerprint density at radius 3 is 2.48 bits per heavy atom. The number of carbonyl (C=O) groups excluding carboxylic acids is 2. The lowest BCUT2D eigenvalue weighted by Crippen LogP contribution is -2.40. The highest BCUT2D eigenvalue weighted by Crippen LogP contribution is 2.21. The number of hydrogen-bond donors (Lipinski definition) is 2. The number of likely N-dealkylation sites (tertiary alicyclic amines) is 1. The molecule has 0 atom stereocenters. The van der Waals surface area contributed by atoms with Crippen LogP contribution in [0.1, 0.15) is 40.5 Å². The molecule has 1 aliphatic heterocycles. The third kappa shape index (κ3) is 4.90. The first-order valence-electron chi connectivity index (χ1n) is 9.51. The van der Waals surface area contributed by atoms with E-state index in [0.29, 0.717) is 49.4 Å². The van der Waals surface area contributed by atoms with Crippen LogP contribution in [-0.4, -0.2) is 52.5 Å². The molecule has 2 N–H and O–H groups in total. The highest BCUT2D eigenvalue weighted by atomic mass is 16.5. The fourth-order valence-corrected chi connectivity index (χ4v) is 3.22. The Hall–Kier alpha value is -3.42. The SMILES string of the molecule is CCOc1ncccc1C(=O)Nc1ccc(C(=O)N2CCC(C(=O)O)CC2)cc1. The van der Waals surface area contributed by atoms with Crippen molar-refractivity contribution in [3.8, 4) is 5.88 Å². The summed E-state index contributed by atoms with van der Waals surface area (Å²) < 4.78 is 5.38. The third-order valence-electron chi connectivity index (χ3n) is 4.82. The van der Waals surface area contributed by atoms with Gasteiger partial charge >= 0.3 is 5.97 Å². The fraction of sp³-hybridized carbons (Fsp3) is 0.333. The average molecular weight is 397 g/mol. The number of anilines is 1. The van der Waals surface area contributed by atoms with Crippen LogP contribution in [0.4, 0.5) is 5.69 Å². The van der Waals surface area contributed by atoms with Crippen molar-refractivity contribution in [2.24, 2.45) is 5.92 Å². The summed E-state index contributed by atoms with van der Waals surface area (Å²) >= 11 is 0. The average Bonchev–Trinajstić information content (AvgIpc) is 2.74. The van der Waals surface area contributed by atoms with E-state index in [1.54, 1.807) is 47.5 Å². The second-order valence-corrected chi connectivity index (χ2v) is 6.73. The number of aliphatic carboxylic acids is 1. The lowest BCUT2D eigenvalue weighted by molar-refractivity contribution is -0.143. The Kier molecular flexibility index (Phi) is 6.43. The Bertz CT molecular complexity index is 889. The van der Waals surface area contributed by atoms with Crippen LogP contribution >= 0.6 is 0 Å². The summed E-state index contributed by atoms with van der Waals surface area (Å²) in [5, 5.41) is 11.8. The van der Waals surface area contributed by atoms with Gasteiger partial charge < -0.3 is 20.1 Å². The molecule has 2 amide bonds. The van der Waals surface area contributed by atoms with Crippen molar-refractivity contribution in [2.75, 3.05) is 25.0 Å². The van der Waals surface area contributed by atoms with E-state index in [-0.39, 0.29) is 23.6 Å². The van der Waals surface area contributed by atoms with E-state index >= 15 is 0 Å². The number of benzene rings is 1. The number of hydrogen-bond acceptors (Lipinski definition) is 5. The molecular weight excluding hydrogens is 374 g/mol. The van der Waals surface area contributed by atoms with Crippen molar-refractivity contribution in [3.05, 3.63) is 53.7 Å². The van der Waals surface area contributed by atoms with Crippen molar-refractivity contribution in [3.63, 3.8) is 0 Å². The maximum atomic E-state index is 12.6. The Morgan fingerprint density at radius 1 is 1.17 bits per heavy atom. The van der Waals surface area contributed by atoms with Crippen LogP contribution in [0.3, 0.4) is 0 Å². The second-order valence-electron chi connectivity index (χ2n) is 6.73.